The lowest BCUT2D eigenvalue weighted by molar-refractivity contribution is 0.369. The molecular formula is C12H22NO5PS2. The lowest BCUT2D eigenvalue weighted by Crippen LogP contribution is -2.22. The molecule has 0 saturated heterocycles. The molecule has 21 heavy (non-hydrogen) atoms. The maximum atomic E-state index is 11.9. The highest BCUT2D eigenvalue weighted by Gasteiger charge is 2.19. The van der Waals surface area contributed by atoms with Gasteiger partial charge in [0.1, 0.15) is 5.75 Å². The summed E-state index contributed by atoms with van der Waals surface area (Å²) in [5, 5.41) is 0. The molecule has 2 N–H and O–H groups in total. The quantitative estimate of drug-likeness (QED) is 0.758. The predicted octanol–water partition coefficient (Wildman–Crippen LogP) is 1.64. The summed E-state index contributed by atoms with van der Waals surface area (Å²) < 4.78 is 30.3. The van der Waals surface area contributed by atoms with E-state index in [1.54, 1.807) is 0 Å². The van der Waals surface area contributed by atoms with Gasteiger partial charge in [-0.3, -0.25) is 0 Å². The van der Waals surface area contributed by atoms with Gasteiger partial charge in [-0.25, -0.2) is 12.7 Å². The summed E-state index contributed by atoms with van der Waals surface area (Å²) in [5.74, 6) is 1.51. The van der Waals surface area contributed by atoms with E-state index in [4.69, 9.17) is 4.52 Å². The molecule has 1 aromatic carbocycles. The molecule has 9 heteroatoms. The third kappa shape index (κ3) is 4.55. The van der Waals surface area contributed by atoms with Crippen molar-refractivity contribution in [2.24, 2.45) is 0 Å². The highest BCUT2D eigenvalue weighted by Crippen LogP contribution is 2.44. The normalized spacial score (nSPS) is 13.0. The average Bonchev–Trinajstić information content (AvgIpc) is 2.39. The van der Waals surface area contributed by atoms with Crippen LogP contribution in [0.15, 0.2) is 29.2 Å². The molecule has 0 saturated carbocycles. The predicted molar refractivity (Wildman–Crippen MR) is 87.7 cm³/mol. The van der Waals surface area contributed by atoms with Crippen molar-refractivity contribution in [1.29, 1.82) is 0 Å². The van der Waals surface area contributed by atoms with Crippen molar-refractivity contribution in [3.63, 3.8) is 0 Å². The molecular weight excluding hydrogens is 333 g/mol. The van der Waals surface area contributed by atoms with Gasteiger partial charge < -0.3 is 14.3 Å². The fraction of sp³-hybridized carbons (Fsp3) is 0.500. The Morgan fingerprint density at radius 1 is 1.14 bits per heavy atom. The van der Waals surface area contributed by atoms with E-state index in [0.29, 0.717) is 11.5 Å². The van der Waals surface area contributed by atoms with Crippen LogP contribution in [0.4, 0.5) is 0 Å². The summed E-state index contributed by atoms with van der Waals surface area (Å²) in [7, 11) is -1.20. The summed E-state index contributed by atoms with van der Waals surface area (Å²) >= 11 is 0. The van der Waals surface area contributed by atoms with Crippen LogP contribution in [0.5, 0.6) is 5.75 Å². The van der Waals surface area contributed by atoms with Gasteiger partial charge in [-0.1, -0.05) is 13.8 Å². The highest BCUT2D eigenvalue weighted by molar-refractivity contribution is 8.27. The first kappa shape index (κ1) is 18.7. The van der Waals surface area contributed by atoms with Crippen LogP contribution in [0.2, 0.25) is 0 Å². The van der Waals surface area contributed by atoms with E-state index in [9.17, 15) is 18.2 Å². The van der Waals surface area contributed by atoms with Crippen molar-refractivity contribution in [2.75, 3.05) is 25.6 Å². The smallest absolute Gasteiger partial charge is 0.332 e. The van der Waals surface area contributed by atoms with Gasteiger partial charge in [0.05, 0.1) is 4.90 Å². The minimum Gasteiger partial charge on any atom is -0.428 e. The summed E-state index contributed by atoms with van der Waals surface area (Å²) in [4.78, 5) is 20.3. The van der Waals surface area contributed by atoms with E-state index >= 15 is 0 Å². The minimum atomic E-state index is -3.50. The molecule has 0 aliphatic carbocycles. The second kappa shape index (κ2) is 7.26. The number of hydrogen-bond acceptors (Lipinski definition) is 3. The molecule has 0 aromatic heterocycles. The average molecular weight is 355 g/mol. The van der Waals surface area contributed by atoms with Crippen LogP contribution in [0.1, 0.15) is 13.8 Å². The maximum Gasteiger partial charge on any atom is 0.332 e. The van der Waals surface area contributed by atoms with E-state index in [1.165, 1.54) is 38.4 Å². The van der Waals surface area contributed by atoms with Crippen LogP contribution in [0.3, 0.4) is 0 Å². The van der Waals surface area contributed by atoms with Gasteiger partial charge in [0.2, 0.25) is 10.0 Å². The summed E-state index contributed by atoms with van der Waals surface area (Å²) in [5.41, 5.74) is 0. The molecule has 0 aliphatic heterocycles. The first-order valence-corrected chi connectivity index (χ1v) is 11.6. The van der Waals surface area contributed by atoms with Crippen LogP contribution in [-0.2, 0) is 20.1 Å². The Hall–Kier alpha value is -0.370. The number of rotatable bonds is 6. The Morgan fingerprint density at radius 2 is 1.62 bits per heavy atom. The van der Waals surface area contributed by atoms with E-state index in [-0.39, 0.29) is 10.6 Å². The maximum absolute atomic E-state index is 11.9. The largest absolute Gasteiger partial charge is 0.428 e. The van der Waals surface area contributed by atoms with Gasteiger partial charge in [0, 0.05) is 14.1 Å². The first-order chi connectivity index (χ1) is 9.65. The monoisotopic (exact) mass is 355 g/mol. The van der Waals surface area contributed by atoms with Crippen molar-refractivity contribution in [2.45, 2.75) is 18.7 Å². The standard InChI is InChI=1S/C12H22NO5PS2/c1-5-20(6-2)19(14,15)18-11-7-9-12(10-8-11)21(16,17)13(3)4/h7-10,14-15H,5-6H2,1-4H3. The third-order valence-corrected chi connectivity index (χ3v) is 10.9. The number of sulfonamides is 1. The minimum absolute atomic E-state index is 0.129. The molecule has 0 spiro atoms. The van der Waals surface area contributed by atoms with Gasteiger partial charge in [-0.05, 0) is 35.8 Å². The van der Waals surface area contributed by atoms with Crippen molar-refractivity contribution < 1.29 is 22.7 Å². The Bertz CT molecular complexity index is 628. The van der Waals surface area contributed by atoms with Crippen molar-refractivity contribution in [1.82, 2.24) is 4.31 Å². The van der Waals surface area contributed by atoms with Crippen LogP contribution in [0.25, 0.3) is 0 Å². The number of benzene rings is 1. The van der Waals surface area contributed by atoms with Gasteiger partial charge in [0.25, 0.3) is 0 Å². The number of hydrogen-bond donors (Lipinski definition) is 2. The van der Waals surface area contributed by atoms with Crippen molar-refractivity contribution >= 4 is 26.8 Å². The molecule has 0 bridgehead atoms. The topological polar surface area (TPSA) is 87.1 Å². The van der Waals surface area contributed by atoms with Crippen LogP contribution >= 0.6 is 6.72 Å². The van der Waals surface area contributed by atoms with E-state index in [0.717, 1.165) is 4.31 Å². The van der Waals surface area contributed by atoms with Crippen molar-refractivity contribution in [3.05, 3.63) is 24.3 Å². The first-order valence-electron chi connectivity index (χ1n) is 6.40. The molecule has 0 fully saturated rings. The van der Waals surface area contributed by atoms with Crippen molar-refractivity contribution in [3.8, 4) is 5.75 Å². The Morgan fingerprint density at radius 3 is 2.00 bits per heavy atom. The molecule has 122 valence electrons. The van der Waals surface area contributed by atoms with Gasteiger partial charge in [0.15, 0.2) is 0 Å². The Labute approximate surface area is 128 Å². The zero-order chi connectivity index (χ0) is 16.3. The van der Waals surface area contributed by atoms with Gasteiger partial charge in [-0.2, -0.15) is 0 Å². The Balaban J connectivity index is 3.08. The van der Waals surface area contributed by atoms with E-state index in [2.05, 4.69) is 0 Å². The lowest BCUT2D eigenvalue weighted by atomic mass is 10.3. The molecule has 0 amide bonds. The van der Waals surface area contributed by atoms with Gasteiger partial charge >= 0.3 is 6.72 Å². The molecule has 0 heterocycles. The summed E-state index contributed by atoms with van der Waals surface area (Å²) in [6.45, 7) is 0.276. The molecule has 1 rings (SSSR count). The molecule has 0 unspecified atom stereocenters. The zero-order valence-corrected chi connectivity index (χ0v) is 15.1. The Kier molecular flexibility index (Phi) is 6.46. The van der Waals surface area contributed by atoms with Crippen LogP contribution in [0, 0.1) is 0 Å². The van der Waals surface area contributed by atoms with Crippen LogP contribution in [-0.4, -0.2) is 48.1 Å². The highest BCUT2D eigenvalue weighted by atomic mass is 32.5. The third-order valence-electron chi connectivity index (χ3n) is 2.83. The molecule has 6 nitrogen and oxygen atoms in total. The number of nitrogens with zero attached hydrogens (tertiary/aromatic N) is 1. The lowest BCUT2D eigenvalue weighted by Gasteiger charge is -2.19. The zero-order valence-electron chi connectivity index (χ0n) is 12.6. The molecule has 0 radical (unpaired) electrons. The van der Waals surface area contributed by atoms with Gasteiger partial charge in [-0.15, -0.1) is 10.1 Å². The van der Waals surface area contributed by atoms with E-state index in [1.807, 2.05) is 13.8 Å². The summed E-state index contributed by atoms with van der Waals surface area (Å²) in [6.07, 6.45) is 0. The van der Waals surface area contributed by atoms with E-state index < -0.39 is 26.8 Å². The van der Waals surface area contributed by atoms with Crippen LogP contribution < -0.4 is 4.52 Å². The fourth-order valence-corrected chi connectivity index (χ4v) is 6.69. The second-order valence-electron chi connectivity index (χ2n) is 4.38. The summed E-state index contributed by atoms with van der Waals surface area (Å²) in [6, 6.07) is 5.65. The molecule has 0 atom stereocenters. The molecule has 0 aliphatic rings. The molecule has 1 aromatic rings. The SMILES string of the molecule is CCS(CC)=P(O)(O)Oc1ccc(S(=O)(=O)N(C)C)cc1. The second-order valence-corrected chi connectivity index (χ2v) is 12.8. The fourth-order valence-electron chi connectivity index (χ4n) is 1.61.